The van der Waals surface area contributed by atoms with Crippen molar-refractivity contribution in [1.29, 1.82) is 0 Å². The van der Waals surface area contributed by atoms with Crippen molar-refractivity contribution in [2.24, 2.45) is 5.73 Å². The Kier molecular flexibility index (Phi) is 5.46. The topological polar surface area (TPSA) is 67.2 Å². The molecule has 0 aromatic rings. The van der Waals surface area contributed by atoms with E-state index in [1.165, 1.54) is 6.92 Å². The summed E-state index contributed by atoms with van der Waals surface area (Å²) in [6.07, 6.45) is 0.830. The molecule has 0 atom stereocenters. The molecule has 64 valence electrons. The first kappa shape index (κ1) is 10.2. The number of thiocarbonyl (C=S) groups is 1. The van der Waals surface area contributed by atoms with Crippen LogP contribution in [0.2, 0.25) is 0 Å². The Bertz CT molecular complexity index is 133. The zero-order valence-corrected chi connectivity index (χ0v) is 7.33. The van der Waals surface area contributed by atoms with Crippen molar-refractivity contribution in [2.45, 2.75) is 13.3 Å². The van der Waals surface area contributed by atoms with E-state index in [2.05, 4.69) is 22.9 Å². The van der Waals surface area contributed by atoms with Gasteiger partial charge in [-0.05, 0) is 18.6 Å². The molecule has 0 radical (unpaired) electrons. The molecule has 11 heavy (non-hydrogen) atoms. The summed E-state index contributed by atoms with van der Waals surface area (Å²) >= 11 is 4.58. The minimum absolute atomic E-state index is 0.0136. The van der Waals surface area contributed by atoms with Crippen molar-refractivity contribution in [2.75, 3.05) is 13.1 Å². The molecule has 0 saturated heterocycles. The smallest absolute Gasteiger partial charge is 0.216 e. The quantitative estimate of drug-likeness (QED) is 0.392. The van der Waals surface area contributed by atoms with Crippen LogP contribution >= 0.6 is 12.2 Å². The third kappa shape index (κ3) is 9.16. The number of hydrogen-bond acceptors (Lipinski definition) is 2. The fraction of sp³-hybridized carbons (Fsp3) is 0.667. The molecule has 0 aliphatic carbocycles. The van der Waals surface area contributed by atoms with Gasteiger partial charge in [-0.2, -0.15) is 0 Å². The number of rotatable bonds is 4. The maximum atomic E-state index is 10.4. The van der Waals surface area contributed by atoms with E-state index in [4.69, 9.17) is 5.73 Å². The molecule has 0 aliphatic heterocycles. The summed E-state index contributed by atoms with van der Waals surface area (Å²) in [5.74, 6) is -0.0136. The second-order valence-corrected chi connectivity index (χ2v) is 2.57. The highest BCUT2D eigenvalue weighted by molar-refractivity contribution is 7.80. The van der Waals surface area contributed by atoms with E-state index < -0.39 is 0 Å². The molecule has 0 bridgehead atoms. The van der Waals surface area contributed by atoms with E-state index in [9.17, 15) is 4.79 Å². The molecule has 0 heterocycles. The lowest BCUT2D eigenvalue weighted by Gasteiger charge is -2.03. The Balaban J connectivity index is 3.03. The SMILES string of the molecule is CC(=O)NCCCNC(N)=S. The predicted octanol–water partition coefficient (Wildman–Crippen LogP) is -0.654. The number of hydrogen-bond donors (Lipinski definition) is 3. The lowest BCUT2D eigenvalue weighted by molar-refractivity contribution is -0.118. The van der Waals surface area contributed by atoms with Gasteiger partial charge in [0.15, 0.2) is 5.11 Å². The van der Waals surface area contributed by atoms with Gasteiger partial charge in [0.2, 0.25) is 5.91 Å². The van der Waals surface area contributed by atoms with Crippen LogP contribution in [0.5, 0.6) is 0 Å². The summed E-state index contributed by atoms with van der Waals surface area (Å²) in [4.78, 5) is 10.4. The fourth-order valence-corrected chi connectivity index (χ4v) is 0.666. The van der Waals surface area contributed by atoms with Crippen LogP contribution in [0, 0.1) is 0 Å². The molecule has 5 heteroatoms. The second-order valence-electron chi connectivity index (χ2n) is 2.13. The predicted molar refractivity (Wildman–Crippen MR) is 48.1 cm³/mol. The molecular weight excluding hydrogens is 162 g/mol. The van der Waals surface area contributed by atoms with E-state index in [1.807, 2.05) is 0 Å². The molecule has 0 aromatic carbocycles. The molecule has 0 spiro atoms. The van der Waals surface area contributed by atoms with Gasteiger partial charge in [-0.3, -0.25) is 4.79 Å². The van der Waals surface area contributed by atoms with Crippen LogP contribution in [0.1, 0.15) is 13.3 Å². The Morgan fingerprint density at radius 3 is 2.45 bits per heavy atom. The van der Waals surface area contributed by atoms with Crippen LogP contribution in [-0.4, -0.2) is 24.1 Å². The van der Waals surface area contributed by atoms with E-state index in [1.54, 1.807) is 0 Å². The zero-order chi connectivity index (χ0) is 8.69. The third-order valence-electron chi connectivity index (χ3n) is 1.03. The maximum Gasteiger partial charge on any atom is 0.216 e. The van der Waals surface area contributed by atoms with Gasteiger partial charge >= 0.3 is 0 Å². The van der Waals surface area contributed by atoms with Crippen molar-refractivity contribution in [3.05, 3.63) is 0 Å². The summed E-state index contributed by atoms with van der Waals surface area (Å²) in [5, 5.41) is 5.73. The van der Waals surface area contributed by atoms with Crippen molar-refractivity contribution in [1.82, 2.24) is 10.6 Å². The first-order valence-electron chi connectivity index (χ1n) is 3.40. The Morgan fingerprint density at radius 1 is 1.45 bits per heavy atom. The van der Waals surface area contributed by atoms with Crippen LogP contribution in [0.25, 0.3) is 0 Å². The maximum absolute atomic E-state index is 10.4. The van der Waals surface area contributed by atoms with Crippen LogP contribution in [0.4, 0.5) is 0 Å². The summed E-state index contributed by atoms with van der Waals surface area (Å²) < 4.78 is 0. The van der Waals surface area contributed by atoms with Crippen molar-refractivity contribution in [3.8, 4) is 0 Å². The average molecular weight is 175 g/mol. The van der Waals surface area contributed by atoms with Gasteiger partial charge in [0.05, 0.1) is 0 Å². The van der Waals surface area contributed by atoms with Crippen LogP contribution in [-0.2, 0) is 4.79 Å². The van der Waals surface area contributed by atoms with Gasteiger partial charge in [0.25, 0.3) is 0 Å². The molecule has 0 unspecified atom stereocenters. The number of carbonyl (C=O) groups is 1. The highest BCUT2D eigenvalue weighted by atomic mass is 32.1. The van der Waals surface area contributed by atoms with E-state index >= 15 is 0 Å². The van der Waals surface area contributed by atoms with Crippen molar-refractivity contribution >= 4 is 23.2 Å². The molecule has 0 aromatic heterocycles. The largest absolute Gasteiger partial charge is 0.376 e. The molecule has 0 saturated carbocycles. The lowest BCUT2D eigenvalue weighted by Crippen LogP contribution is -2.32. The summed E-state index contributed by atoms with van der Waals surface area (Å²) in [7, 11) is 0. The summed E-state index contributed by atoms with van der Waals surface area (Å²) in [6, 6.07) is 0. The minimum atomic E-state index is -0.0136. The third-order valence-corrected chi connectivity index (χ3v) is 1.17. The first-order chi connectivity index (χ1) is 5.13. The van der Waals surface area contributed by atoms with Crippen LogP contribution < -0.4 is 16.4 Å². The second kappa shape index (κ2) is 5.91. The number of nitrogens with two attached hydrogens (primary N) is 1. The van der Waals surface area contributed by atoms with E-state index in [0.717, 1.165) is 6.42 Å². The van der Waals surface area contributed by atoms with Gasteiger partial charge < -0.3 is 16.4 Å². The average Bonchev–Trinajstić information content (AvgIpc) is 1.85. The molecule has 4 nitrogen and oxygen atoms in total. The molecule has 0 aliphatic rings. The summed E-state index contributed by atoms with van der Waals surface area (Å²) in [5.41, 5.74) is 5.17. The molecule has 4 N–H and O–H groups in total. The van der Waals surface area contributed by atoms with Gasteiger partial charge in [0.1, 0.15) is 0 Å². The molecule has 0 rings (SSSR count). The molecule has 0 fully saturated rings. The van der Waals surface area contributed by atoms with E-state index in [0.29, 0.717) is 18.2 Å². The van der Waals surface area contributed by atoms with Crippen molar-refractivity contribution in [3.63, 3.8) is 0 Å². The minimum Gasteiger partial charge on any atom is -0.376 e. The van der Waals surface area contributed by atoms with Gasteiger partial charge in [0, 0.05) is 20.0 Å². The Hall–Kier alpha value is -0.840. The molecule has 1 amide bonds. The van der Waals surface area contributed by atoms with Crippen molar-refractivity contribution < 1.29 is 4.79 Å². The van der Waals surface area contributed by atoms with Gasteiger partial charge in [-0.25, -0.2) is 0 Å². The number of nitrogens with one attached hydrogen (secondary N) is 2. The molecular formula is C6H13N3OS. The van der Waals surface area contributed by atoms with E-state index in [-0.39, 0.29) is 5.91 Å². The monoisotopic (exact) mass is 175 g/mol. The van der Waals surface area contributed by atoms with Gasteiger partial charge in [-0.1, -0.05) is 0 Å². The number of amides is 1. The standard InChI is InChI=1S/C6H13N3OS/c1-5(10)8-3-2-4-9-6(7)11/h2-4H2,1H3,(H,8,10)(H3,7,9,11). The highest BCUT2D eigenvalue weighted by Gasteiger charge is 1.90. The lowest BCUT2D eigenvalue weighted by atomic mass is 10.4. The highest BCUT2D eigenvalue weighted by Crippen LogP contribution is 1.72. The Labute approximate surface area is 71.5 Å². The summed E-state index contributed by atoms with van der Waals surface area (Å²) in [6.45, 7) is 2.85. The normalized spacial score (nSPS) is 8.82. The fourth-order valence-electron chi connectivity index (χ4n) is 0.564. The number of carbonyl (C=O) groups excluding carboxylic acids is 1. The van der Waals surface area contributed by atoms with Gasteiger partial charge in [-0.15, -0.1) is 0 Å². The zero-order valence-electron chi connectivity index (χ0n) is 6.52. The Morgan fingerprint density at radius 2 is 2.00 bits per heavy atom. The van der Waals surface area contributed by atoms with Crippen LogP contribution in [0.3, 0.4) is 0 Å². The van der Waals surface area contributed by atoms with Crippen LogP contribution in [0.15, 0.2) is 0 Å². The first-order valence-corrected chi connectivity index (χ1v) is 3.81.